The molecule has 0 radical (unpaired) electrons. The Hall–Kier alpha value is -2.19. The highest BCUT2D eigenvalue weighted by Crippen LogP contribution is 2.17. The first-order chi connectivity index (χ1) is 9.76. The molecule has 2 nitrogen and oxygen atoms in total. The molecule has 2 aromatic carbocycles. The summed E-state index contributed by atoms with van der Waals surface area (Å²) in [5.74, 6) is 0. The first-order valence-electron chi connectivity index (χ1n) is 6.89. The van der Waals surface area contributed by atoms with Crippen LogP contribution in [0, 0.1) is 6.92 Å². The minimum Gasteiger partial charge on any atom is -0.326 e. The highest BCUT2D eigenvalue weighted by molar-refractivity contribution is 5.78. The van der Waals surface area contributed by atoms with E-state index >= 15 is 0 Å². The van der Waals surface area contributed by atoms with Gasteiger partial charge in [0.25, 0.3) is 0 Å². The van der Waals surface area contributed by atoms with Crippen molar-refractivity contribution in [2.24, 2.45) is 5.73 Å². The van der Waals surface area contributed by atoms with Crippen molar-refractivity contribution in [1.29, 1.82) is 0 Å². The van der Waals surface area contributed by atoms with Gasteiger partial charge in [-0.2, -0.15) is 0 Å². The third-order valence-corrected chi connectivity index (χ3v) is 3.68. The summed E-state index contributed by atoms with van der Waals surface area (Å²) in [6.45, 7) is 2.72. The van der Waals surface area contributed by atoms with E-state index in [9.17, 15) is 0 Å². The lowest BCUT2D eigenvalue weighted by molar-refractivity contribution is 1.03. The van der Waals surface area contributed by atoms with E-state index in [1.165, 1.54) is 22.1 Å². The summed E-state index contributed by atoms with van der Waals surface area (Å²) in [5.41, 5.74) is 11.6. The molecule has 3 aromatic rings. The molecule has 1 aromatic heterocycles. The van der Waals surface area contributed by atoms with E-state index in [2.05, 4.69) is 49.4 Å². The van der Waals surface area contributed by atoms with Gasteiger partial charge in [-0.3, -0.25) is 4.98 Å². The zero-order chi connectivity index (χ0) is 13.9. The second kappa shape index (κ2) is 5.43. The molecule has 20 heavy (non-hydrogen) atoms. The molecule has 2 N–H and O–H groups in total. The van der Waals surface area contributed by atoms with E-state index in [1.54, 1.807) is 0 Å². The van der Waals surface area contributed by atoms with Crippen LogP contribution in [0.2, 0.25) is 0 Å². The van der Waals surface area contributed by atoms with Gasteiger partial charge in [0, 0.05) is 24.0 Å². The zero-order valence-corrected chi connectivity index (χ0v) is 11.6. The average molecular weight is 262 g/mol. The van der Waals surface area contributed by atoms with E-state index in [1.807, 2.05) is 12.1 Å². The molecule has 0 bridgehead atoms. The van der Waals surface area contributed by atoms with Crippen LogP contribution in [0.4, 0.5) is 0 Å². The number of hydrogen-bond acceptors (Lipinski definition) is 2. The Bertz CT molecular complexity index is 747. The number of fused-ring (bicyclic) bond motifs is 1. The number of pyridine rings is 1. The molecule has 0 saturated heterocycles. The highest BCUT2D eigenvalue weighted by atomic mass is 14.7. The molecule has 0 aliphatic carbocycles. The number of aryl methyl sites for hydroxylation is 1. The van der Waals surface area contributed by atoms with E-state index in [0.717, 1.165) is 17.6 Å². The Balaban J connectivity index is 1.96. The van der Waals surface area contributed by atoms with E-state index in [-0.39, 0.29) is 0 Å². The van der Waals surface area contributed by atoms with Gasteiger partial charge in [-0.15, -0.1) is 0 Å². The van der Waals surface area contributed by atoms with Crippen molar-refractivity contribution < 1.29 is 0 Å². The third-order valence-electron chi connectivity index (χ3n) is 3.68. The lowest BCUT2D eigenvalue weighted by Crippen LogP contribution is -2.00. The number of nitrogens with zero attached hydrogens (tertiary/aromatic N) is 1. The van der Waals surface area contributed by atoms with Gasteiger partial charge in [-0.05, 0) is 35.7 Å². The van der Waals surface area contributed by atoms with Gasteiger partial charge in [0.15, 0.2) is 0 Å². The molecule has 100 valence electrons. The Kier molecular flexibility index (Phi) is 3.48. The number of hydrogen-bond donors (Lipinski definition) is 1. The lowest BCUT2D eigenvalue weighted by Gasteiger charge is -2.08. The minimum absolute atomic E-state index is 0.582. The summed E-state index contributed by atoms with van der Waals surface area (Å²) in [5, 5.41) is 1.18. The van der Waals surface area contributed by atoms with Gasteiger partial charge < -0.3 is 5.73 Å². The standard InChI is InChI=1S/C18H18N2/c1-13-6-7-14(12-19)10-16(13)11-17-9-8-15-4-2-3-5-18(15)20-17/h2-10H,11-12,19H2,1H3. The summed E-state index contributed by atoms with van der Waals surface area (Å²) in [4.78, 5) is 4.74. The number of nitrogens with two attached hydrogens (primary N) is 1. The van der Waals surface area contributed by atoms with Crippen LogP contribution in [0.5, 0.6) is 0 Å². The largest absolute Gasteiger partial charge is 0.326 e. The lowest BCUT2D eigenvalue weighted by atomic mass is 10.0. The second-order valence-corrected chi connectivity index (χ2v) is 5.14. The van der Waals surface area contributed by atoms with Crippen LogP contribution < -0.4 is 5.73 Å². The maximum Gasteiger partial charge on any atom is 0.0705 e. The Morgan fingerprint density at radius 3 is 2.70 bits per heavy atom. The summed E-state index contributed by atoms with van der Waals surface area (Å²) in [6.07, 6.45) is 0.852. The number of aromatic nitrogens is 1. The molecule has 1 heterocycles. The molecule has 0 aliphatic rings. The molecular weight excluding hydrogens is 244 g/mol. The number of para-hydroxylation sites is 1. The predicted octanol–water partition coefficient (Wildman–Crippen LogP) is 3.59. The van der Waals surface area contributed by atoms with Crippen LogP contribution in [0.3, 0.4) is 0 Å². The Morgan fingerprint density at radius 1 is 1.00 bits per heavy atom. The molecule has 0 amide bonds. The van der Waals surface area contributed by atoms with Crippen LogP contribution in [-0.2, 0) is 13.0 Å². The predicted molar refractivity (Wildman–Crippen MR) is 83.6 cm³/mol. The van der Waals surface area contributed by atoms with Gasteiger partial charge in [0.05, 0.1) is 5.52 Å². The van der Waals surface area contributed by atoms with Crippen molar-refractivity contribution in [1.82, 2.24) is 4.98 Å². The maximum atomic E-state index is 5.72. The Morgan fingerprint density at radius 2 is 1.85 bits per heavy atom. The van der Waals surface area contributed by atoms with Gasteiger partial charge in [-0.1, -0.05) is 42.5 Å². The fraction of sp³-hybridized carbons (Fsp3) is 0.167. The fourth-order valence-electron chi connectivity index (χ4n) is 2.44. The van der Waals surface area contributed by atoms with Crippen LogP contribution in [0.1, 0.15) is 22.4 Å². The van der Waals surface area contributed by atoms with Crippen LogP contribution in [0.15, 0.2) is 54.6 Å². The maximum absolute atomic E-state index is 5.72. The molecule has 0 aliphatic heterocycles. The number of benzene rings is 2. The molecule has 3 rings (SSSR count). The van der Waals surface area contributed by atoms with Gasteiger partial charge in [0.1, 0.15) is 0 Å². The zero-order valence-electron chi connectivity index (χ0n) is 11.6. The minimum atomic E-state index is 0.582. The van der Waals surface area contributed by atoms with E-state index < -0.39 is 0 Å². The van der Waals surface area contributed by atoms with E-state index in [0.29, 0.717) is 6.54 Å². The molecule has 0 spiro atoms. The van der Waals surface area contributed by atoms with Crippen molar-refractivity contribution in [3.8, 4) is 0 Å². The molecule has 0 saturated carbocycles. The average Bonchev–Trinajstić information content (AvgIpc) is 2.49. The molecular formula is C18H18N2. The fourth-order valence-corrected chi connectivity index (χ4v) is 2.44. The van der Waals surface area contributed by atoms with Gasteiger partial charge >= 0.3 is 0 Å². The van der Waals surface area contributed by atoms with Crippen molar-refractivity contribution in [3.05, 3.63) is 77.0 Å². The van der Waals surface area contributed by atoms with Crippen LogP contribution in [0.25, 0.3) is 10.9 Å². The SMILES string of the molecule is Cc1ccc(CN)cc1Cc1ccc2ccccc2n1. The van der Waals surface area contributed by atoms with Crippen molar-refractivity contribution in [2.75, 3.05) is 0 Å². The molecule has 2 heteroatoms. The van der Waals surface area contributed by atoms with Gasteiger partial charge in [-0.25, -0.2) is 0 Å². The van der Waals surface area contributed by atoms with Crippen molar-refractivity contribution in [3.63, 3.8) is 0 Å². The number of rotatable bonds is 3. The first kappa shape index (κ1) is 12.8. The Labute approximate surface area is 119 Å². The van der Waals surface area contributed by atoms with Crippen molar-refractivity contribution >= 4 is 10.9 Å². The van der Waals surface area contributed by atoms with Gasteiger partial charge in [0.2, 0.25) is 0 Å². The quantitative estimate of drug-likeness (QED) is 0.783. The molecule has 0 fully saturated rings. The van der Waals surface area contributed by atoms with Crippen molar-refractivity contribution in [2.45, 2.75) is 19.9 Å². The molecule has 0 unspecified atom stereocenters. The highest BCUT2D eigenvalue weighted by Gasteiger charge is 2.04. The first-order valence-corrected chi connectivity index (χ1v) is 6.89. The topological polar surface area (TPSA) is 38.9 Å². The van der Waals surface area contributed by atoms with Crippen LogP contribution >= 0.6 is 0 Å². The monoisotopic (exact) mass is 262 g/mol. The smallest absolute Gasteiger partial charge is 0.0705 e. The third kappa shape index (κ3) is 2.56. The summed E-state index contributed by atoms with van der Waals surface area (Å²) in [7, 11) is 0. The van der Waals surface area contributed by atoms with Crippen LogP contribution in [-0.4, -0.2) is 4.98 Å². The second-order valence-electron chi connectivity index (χ2n) is 5.14. The summed E-state index contributed by atoms with van der Waals surface area (Å²) >= 11 is 0. The summed E-state index contributed by atoms with van der Waals surface area (Å²) < 4.78 is 0. The summed E-state index contributed by atoms with van der Waals surface area (Å²) in [6, 6.07) is 18.9. The molecule has 0 atom stereocenters. The van der Waals surface area contributed by atoms with E-state index in [4.69, 9.17) is 10.7 Å². The normalized spacial score (nSPS) is 10.9.